The molecule has 2 aliphatic heterocycles. The molecular formula is C15H21N3. The highest BCUT2D eigenvalue weighted by atomic mass is 15.5. The minimum atomic E-state index is 0.546. The summed E-state index contributed by atoms with van der Waals surface area (Å²) in [6.45, 7) is 2.32. The molecule has 2 unspecified atom stereocenters. The third-order valence-corrected chi connectivity index (χ3v) is 4.63. The fourth-order valence-corrected chi connectivity index (χ4v) is 3.47. The number of likely N-dealkylation sites (tertiary alicyclic amines) is 1. The maximum absolute atomic E-state index is 3.33. The molecule has 3 aliphatic rings. The van der Waals surface area contributed by atoms with Crippen molar-refractivity contribution in [2.45, 2.75) is 43.8 Å². The van der Waals surface area contributed by atoms with Crippen molar-refractivity contribution in [1.82, 2.24) is 15.8 Å². The molecule has 2 heterocycles. The van der Waals surface area contributed by atoms with Crippen molar-refractivity contribution in [3.8, 4) is 0 Å². The normalized spacial score (nSPS) is 32.4. The molecule has 2 N–H and O–H groups in total. The molecule has 1 aromatic carbocycles. The summed E-state index contributed by atoms with van der Waals surface area (Å²) < 4.78 is 0. The first-order valence-corrected chi connectivity index (χ1v) is 7.26. The smallest absolute Gasteiger partial charge is 0.0874 e. The van der Waals surface area contributed by atoms with Crippen LogP contribution >= 0.6 is 0 Å². The van der Waals surface area contributed by atoms with Gasteiger partial charge in [0.05, 0.1) is 6.17 Å². The van der Waals surface area contributed by atoms with Gasteiger partial charge in [0, 0.05) is 19.1 Å². The Labute approximate surface area is 109 Å². The van der Waals surface area contributed by atoms with Crippen molar-refractivity contribution in [3.63, 3.8) is 0 Å². The van der Waals surface area contributed by atoms with Gasteiger partial charge in [0.2, 0.25) is 0 Å². The minimum absolute atomic E-state index is 0.546. The Morgan fingerprint density at radius 2 is 1.83 bits per heavy atom. The van der Waals surface area contributed by atoms with Gasteiger partial charge in [-0.05, 0) is 42.7 Å². The number of nitrogens with zero attached hydrogens (tertiary/aromatic N) is 1. The van der Waals surface area contributed by atoms with E-state index in [9.17, 15) is 0 Å². The molecule has 4 rings (SSSR count). The topological polar surface area (TPSA) is 27.3 Å². The SMILES string of the molecule is c1ccc(C2CCCN2C2CNN2)c(C2CC2)c1. The zero-order valence-corrected chi connectivity index (χ0v) is 10.7. The van der Waals surface area contributed by atoms with Gasteiger partial charge in [0.25, 0.3) is 0 Å². The standard InChI is InChI=1S/C15H21N3/c1-2-5-13(12(4-1)11-7-8-11)14-6-3-9-18(14)15-10-16-17-15/h1-2,4-5,11,14-17H,3,6-10H2. The maximum Gasteiger partial charge on any atom is 0.0874 e. The van der Waals surface area contributed by atoms with Crippen molar-refractivity contribution in [3.05, 3.63) is 35.4 Å². The molecule has 3 heteroatoms. The summed E-state index contributed by atoms with van der Waals surface area (Å²) in [6.07, 6.45) is 5.99. The average molecular weight is 243 g/mol. The zero-order chi connectivity index (χ0) is 11.9. The van der Waals surface area contributed by atoms with Crippen LogP contribution in [0.5, 0.6) is 0 Å². The predicted octanol–water partition coefficient (Wildman–Crippen LogP) is 2.13. The van der Waals surface area contributed by atoms with Crippen LogP contribution in [0.2, 0.25) is 0 Å². The van der Waals surface area contributed by atoms with Crippen LogP contribution in [0.4, 0.5) is 0 Å². The van der Waals surface area contributed by atoms with Gasteiger partial charge in [-0.25, -0.2) is 5.43 Å². The van der Waals surface area contributed by atoms with Gasteiger partial charge < -0.3 is 0 Å². The van der Waals surface area contributed by atoms with Crippen LogP contribution in [0.15, 0.2) is 24.3 Å². The van der Waals surface area contributed by atoms with Crippen LogP contribution in [-0.4, -0.2) is 24.2 Å². The molecule has 96 valence electrons. The van der Waals surface area contributed by atoms with E-state index in [0.29, 0.717) is 12.2 Å². The Kier molecular flexibility index (Phi) is 2.64. The highest BCUT2D eigenvalue weighted by molar-refractivity contribution is 5.36. The van der Waals surface area contributed by atoms with Crippen LogP contribution in [0.3, 0.4) is 0 Å². The Bertz CT molecular complexity index is 437. The molecule has 3 fully saturated rings. The first-order valence-electron chi connectivity index (χ1n) is 7.26. The molecule has 1 saturated carbocycles. The quantitative estimate of drug-likeness (QED) is 0.851. The summed E-state index contributed by atoms with van der Waals surface area (Å²) in [7, 11) is 0. The van der Waals surface area contributed by atoms with E-state index in [2.05, 4.69) is 40.0 Å². The second-order valence-electron chi connectivity index (χ2n) is 5.84. The van der Waals surface area contributed by atoms with Gasteiger partial charge in [-0.3, -0.25) is 10.3 Å². The van der Waals surface area contributed by atoms with E-state index in [1.807, 2.05) is 0 Å². The van der Waals surface area contributed by atoms with Crippen LogP contribution in [0, 0.1) is 0 Å². The number of hydrazine groups is 1. The fraction of sp³-hybridized carbons (Fsp3) is 0.600. The van der Waals surface area contributed by atoms with Crippen LogP contribution in [0.25, 0.3) is 0 Å². The Morgan fingerprint density at radius 3 is 2.50 bits per heavy atom. The van der Waals surface area contributed by atoms with E-state index >= 15 is 0 Å². The lowest BCUT2D eigenvalue weighted by atomic mass is 9.95. The molecular weight excluding hydrogens is 222 g/mol. The molecule has 0 bridgehead atoms. The minimum Gasteiger partial charge on any atom is -0.279 e. The molecule has 0 aromatic heterocycles. The number of nitrogens with one attached hydrogen (secondary N) is 2. The molecule has 1 aromatic rings. The second-order valence-corrected chi connectivity index (χ2v) is 5.84. The molecule has 0 radical (unpaired) electrons. The third kappa shape index (κ3) is 1.78. The summed E-state index contributed by atoms with van der Waals surface area (Å²) in [5.74, 6) is 0.858. The van der Waals surface area contributed by atoms with Crippen LogP contribution in [-0.2, 0) is 0 Å². The second kappa shape index (κ2) is 4.34. The highest BCUT2D eigenvalue weighted by Gasteiger charge is 2.37. The lowest BCUT2D eigenvalue weighted by Gasteiger charge is -2.40. The summed E-state index contributed by atoms with van der Waals surface area (Å²) in [6, 6.07) is 9.78. The number of hydrogen-bond acceptors (Lipinski definition) is 3. The molecule has 2 atom stereocenters. The lowest BCUT2D eigenvalue weighted by molar-refractivity contribution is 0.0745. The highest BCUT2D eigenvalue weighted by Crippen LogP contribution is 2.45. The predicted molar refractivity (Wildman–Crippen MR) is 72.0 cm³/mol. The Balaban J connectivity index is 1.64. The molecule has 1 aliphatic carbocycles. The molecule has 0 amide bonds. The van der Waals surface area contributed by atoms with E-state index in [4.69, 9.17) is 0 Å². The van der Waals surface area contributed by atoms with Crippen LogP contribution in [0.1, 0.15) is 48.8 Å². The van der Waals surface area contributed by atoms with E-state index < -0.39 is 0 Å². The molecule has 2 saturated heterocycles. The van der Waals surface area contributed by atoms with Gasteiger partial charge in [-0.2, -0.15) is 0 Å². The van der Waals surface area contributed by atoms with Gasteiger partial charge in [0.1, 0.15) is 0 Å². The summed E-state index contributed by atoms with van der Waals surface area (Å²) in [5, 5.41) is 0. The number of benzene rings is 1. The van der Waals surface area contributed by atoms with Gasteiger partial charge in [0.15, 0.2) is 0 Å². The third-order valence-electron chi connectivity index (χ3n) is 4.63. The number of rotatable bonds is 3. The van der Waals surface area contributed by atoms with Crippen molar-refractivity contribution < 1.29 is 0 Å². The molecule has 0 spiro atoms. The fourth-order valence-electron chi connectivity index (χ4n) is 3.47. The molecule has 3 nitrogen and oxygen atoms in total. The van der Waals surface area contributed by atoms with Gasteiger partial charge >= 0.3 is 0 Å². The Hall–Kier alpha value is -0.900. The summed E-state index contributed by atoms with van der Waals surface area (Å²) >= 11 is 0. The summed E-state index contributed by atoms with van der Waals surface area (Å²) in [5.41, 5.74) is 9.73. The van der Waals surface area contributed by atoms with E-state index in [1.54, 1.807) is 11.1 Å². The van der Waals surface area contributed by atoms with Crippen molar-refractivity contribution in [2.75, 3.05) is 13.1 Å². The van der Waals surface area contributed by atoms with Crippen LogP contribution < -0.4 is 10.9 Å². The average Bonchev–Trinajstić information content (AvgIpc) is 3.08. The monoisotopic (exact) mass is 243 g/mol. The number of hydrogen-bond donors (Lipinski definition) is 2. The molecule has 18 heavy (non-hydrogen) atoms. The van der Waals surface area contributed by atoms with E-state index in [1.165, 1.54) is 32.2 Å². The van der Waals surface area contributed by atoms with Crippen molar-refractivity contribution >= 4 is 0 Å². The summed E-state index contributed by atoms with van der Waals surface area (Å²) in [4.78, 5) is 2.65. The van der Waals surface area contributed by atoms with E-state index in [-0.39, 0.29) is 0 Å². The van der Waals surface area contributed by atoms with Gasteiger partial charge in [-0.1, -0.05) is 24.3 Å². The lowest BCUT2D eigenvalue weighted by Crippen LogP contribution is -2.66. The zero-order valence-electron chi connectivity index (χ0n) is 10.7. The maximum atomic E-state index is 3.33. The van der Waals surface area contributed by atoms with Gasteiger partial charge in [-0.15, -0.1) is 0 Å². The Morgan fingerprint density at radius 1 is 1.06 bits per heavy atom. The first-order chi connectivity index (χ1) is 8.93. The van der Waals surface area contributed by atoms with Crippen molar-refractivity contribution in [2.24, 2.45) is 0 Å². The first kappa shape index (κ1) is 11.0. The van der Waals surface area contributed by atoms with Crippen molar-refractivity contribution in [1.29, 1.82) is 0 Å². The largest absolute Gasteiger partial charge is 0.279 e. The van der Waals surface area contributed by atoms with E-state index in [0.717, 1.165) is 12.5 Å².